The predicted molar refractivity (Wildman–Crippen MR) is 110 cm³/mol. The van der Waals surface area contributed by atoms with Gasteiger partial charge in [-0.2, -0.15) is 10.2 Å². The number of H-pyrrole nitrogens is 1. The topological polar surface area (TPSA) is 92.7 Å². The van der Waals surface area contributed by atoms with Gasteiger partial charge in [-0.1, -0.05) is 32.9 Å². The average molecular weight is 391 g/mol. The number of benzene rings is 1. The van der Waals surface area contributed by atoms with Crippen molar-refractivity contribution in [1.29, 1.82) is 0 Å². The molecule has 1 unspecified atom stereocenters. The maximum absolute atomic E-state index is 12.5. The van der Waals surface area contributed by atoms with Crippen LogP contribution in [0.3, 0.4) is 0 Å². The number of aromatic amines is 1. The highest BCUT2D eigenvalue weighted by molar-refractivity contribution is 5.92. The quantitative estimate of drug-likeness (QED) is 0.718. The summed E-state index contributed by atoms with van der Waals surface area (Å²) < 4.78 is 1.97. The molecule has 29 heavy (non-hydrogen) atoms. The van der Waals surface area contributed by atoms with Crippen molar-refractivity contribution in [2.45, 2.75) is 51.5 Å². The minimum absolute atomic E-state index is 0.104. The van der Waals surface area contributed by atoms with Crippen molar-refractivity contribution < 1.29 is 4.79 Å². The van der Waals surface area contributed by atoms with Gasteiger partial charge in [0.1, 0.15) is 5.69 Å². The Bertz CT molecular complexity index is 1070. The van der Waals surface area contributed by atoms with Gasteiger partial charge in [0, 0.05) is 17.3 Å². The fraction of sp³-hybridized carbons (Fsp3) is 0.364. The molecule has 3 aromatic rings. The van der Waals surface area contributed by atoms with Crippen molar-refractivity contribution in [1.82, 2.24) is 25.3 Å². The van der Waals surface area contributed by atoms with Crippen LogP contribution < -0.4 is 10.9 Å². The maximum Gasteiger partial charge on any atom is 0.272 e. The first-order valence-corrected chi connectivity index (χ1v) is 9.87. The summed E-state index contributed by atoms with van der Waals surface area (Å²) in [5.74, 6) is -0.304. The molecule has 0 bridgehead atoms. The van der Waals surface area contributed by atoms with Crippen LogP contribution in [0.2, 0.25) is 0 Å². The van der Waals surface area contributed by atoms with E-state index in [1.54, 1.807) is 0 Å². The zero-order valence-electron chi connectivity index (χ0n) is 16.9. The number of aromatic nitrogens is 4. The van der Waals surface area contributed by atoms with Crippen LogP contribution in [0.15, 0.2) is 47.4 Å². The first-order chi connectivity index (χ1) is 13.8. The molecule has 1 amide bonds. The first-order valence-electron chi connectivity index (χ1n) is 9.87. The summed E-state index contributed by atoms with van der Waals surface area (Å²) in [4.78, 5) is 23.7. The van der Waals surface area contributed by atoms with E-state index >= 15 is 0 Å². The number of carbonyl (C=O) groups excluding carboxylic acids is 1. The van der Waals surface area contributed by atoms with Gasteiger partial charge in [-0.05, 0) is 48.4 Å². The lowest BCUT2D eigenvalue weighted by atomic mass is 9.87. The van der Waals surface area contributed by atoms with Crippen molar-refractivity contribution in [2.75, 3.05) is 0 Å². The molecule has 2 heterocycles. The van der Waals surface area contributed by atoms with E-state index in [1.807, 2.05) is 10.9 Å². The smallest absolute Gasteiger partial charge is 0.272 e. The van der Waals surface area contributed by atoms with Crippen LogP contribution in [0.1, 0.15) is 67.0 Å². The molecule has 2 N–H and O–H groups in total. The molecule has 0 saturated carbocycles. The Morgan fingerprint density at radius 3 is 2.59 bits per heavy atom. The van der Waals surface area contributed by atoms with Gasteiger partial charge in [-0.15, -0.1) is 0 Å². The fourth-order valence-corrected chi connectivity index (χ4v) is 3.74. The summed E-state index contributed by atoms with van der Waals surface area (Å²) in [5.41, 5.74) is 4.43. The molecular formula is C22H25N5O2. The lowest BCUT2D eigenvalue weighted by molar-refractivity contribution is 0.0926. The van der Waals surface area contributed by atoms with Gasteiger partial charge < -0.3 is 5.32 Å². The second kappa shape index (κ2) is 7.31. The van der Waals surface area contributed by atoms with E-state index in [0.717, 1.165) is 36.2 Å². The fourth-order valence-electron chi connectivity index (χ4n) is 3.74. The number of carbonyl (C=O) groups is 1. The van der Waals surface area contributed by atoms with Crippen LogP contribution in [0.5, 0.6) is 0 Å². The Morgan fingerprint density at radius 2 is 1.93 bits per heavy atom. The summed E-state index contributed by atoms with van der Waals surface area (Å²) >= 11 is 0. The molecule has 1 aliphatic rings. The third kappa shape index (κ3) is 3.85. The minimum Gasteiger partial charge on any atom is -0.344 e. The Kier molecular flexibility index (Phi) is 4.82. The third-order valence-electron chi connectivity index (χ3n) is 5.38. The van der Waals surface area contributed by atoms with Gasteiger partial charge in [0.25, 0.3) is 11.5 Å². The summed E-state index contributed by atoms with van der Waals surface area (Å²) in [7, 11) is 0. The highest BCUT2D eigenvalue weighted by Crippen LogP contribution is 2.32. The first kappa shape index (κ1) is 19.1. The standard InChI is InChI=1S/C22H25N5O2/c1-22(2,3)14-7-9-15(10-8-14)27-19-6-4-5-17(16(19)13-23-27)24-21(29)18-11-12-20(28)26-25-18/h7-13,17H,4-6H2,1-3H3,(H,24,29)(H,26,28). The third-order valence-corrected chi connectivity index (χ3v) is 5.38. The van der Waals surface area contributed by atoms with Crippen LogP contribution >= 0.6 is 0 Å². The molecule has 2 aromatic heterocycles. The Morgan fingerprint density at radius 1 is 1.17 bits per heavy atom. The summed E-state index contributed by atoms with van der Waals surface area (Å²) in [5, 5.41) is 13.7. The van der Waals surface area contributed by atoms with Gasteiger partial charge in [0.2, 0.25) is 0 Å². The Hall–Kier alpha value is -3.22. The van der Waals surface area contributed by atoms with Gasteiger partial charge >= 0.3 is 0 Å². The number of hydrogen-bond acceptors (Lipinski definition) is 4. The van der Waals surface area contributed by atoms with Gasteiger partial charge in [-0.25, -0.2) is 9.78 Å². The highest BCUT2D eigenvalue weighted by Gasteiger charge is 2.27. The number of amides is 1. The van der Waals surface area contributed by atoms with Crippen LogP contribution in [0.25, 0.3) is 5.69 Å². The molecule has 0 fully saturated rings. The second-order valence-electron chi connectivity index (χ2n) is 8.48. The molecule has 1 aliphatic carbocycles. The largest absolute Gasteiger partial charge is 0.344 e. The van der Waals surface area contributed by atoms with Crippen LogP contribution in [0.4, 0.5) is 0 Å². The van der Waals surface area contributed by atoms with Gasteiger partial charge in [-0.3, -0.25) is 9.59 Å². The van der Waals surface area contributed by atoms with Gasteiger partial charge in [0.15, 0.2) is 0 Å². The molecular weight excluding hydrogens is 366 g/mol. The molecule has 7 nitrogen and oxygen atoms in total. The van der Waals surface area contributed by atoms with Crippen molar-refractivity contribution in [3.63, 3.8) is 0 Å². The van der Waals surface area contributed by atoms with Crippen LogP contribution in [-0.2, 0) is 11.8 Å². The molecule has 1 atom stereocenters. The summed E-state index contributed by atoms with van der Waals surface area (Å²) in [6.45, 7) is 6.59. The summed E-state index contributed by atoms with van der Waals surface area (Å²) in [6, 6.07) is 11.1. The normalized spacial score (nSPS) is 16.3. The zero-order chi connectivity index (χ0) is 20.6. The van der Waals surface area contributed by atoms with E-state index in [2.05, 4.69) is 65.6 Å². The number of nitrogens with zero attached hydrogens (tertiary/aromatic N) is 3. The Balaban J connectivity index is 1.58. The Labute approximate surface area is 169 Å². The molecule has 150 valence electrons. The highest BCUT2D eigenvalue weighted by atomic mass is 16.2. The molecule has 0 aliphatic heterocycles. The van der Waals surface area contributed by atoms with Crippen molar-refractivity contribution in [3.8, 4) is 5.69 Å². The molecule has 4 rings (SSSR count). The van der Waals surface area contributed by atoms with E-state index in [0.29, 0.717) is 0 Å². The maximum atomic E-state index is 12.5. The molecule has 0 radical (unpaired) electrons. The van der Waals surface area contributed by atoms with E-state index in [-0.39, 0.29) is 28.6 Å². The number of fused-ring (bicyclic) bond motifs is 1. The molecule has 0 spiro atoms. The lowest BCUT2D eigenvalue weighted by Gasteiger charge is -2.24. The number of nitrogens with one attached hydrogen (secondary N) is 2. The molecule has 0 saturated heterocycles. The molecule has 7 heteroatoms. The second-order valence-corrected chi connectivity index (χ2v) is 8.48. The lowest BCUT2D eigenvalue weighted by Crippen LogP contribution is -2.32. The average Bonchev–Trinajstić information content (AvgIpc) is 3.13. The van der Waals surface area contributed by atoms with Crippen molar-refractivity contribution in [2.24, 2.45) is 0 Å². The van der Waals surface area contributed by atoms with E-state index in [1.165, 1.54) is 17.7 Å². The van der Waals surface area contributed by atoms with E-state index in [9.17, 15) is 9.59 Å². The zero-order valence-corrected chi connectivity index (χ0v) is 16.9. The number of hydrogen-bond donors (Lipinski definition) is 2. The molecule has 1 aromatic carbocycles. The van der Waals surface area contributed by atoms with Crippen molar-refractivity contribution >= 4 is 5.91 Å². The predicted octanol–water partition coefficient (Wildman–Crippen LogP) is 3.06. The van der Waals surface area contributed by atoms with E-state index in [4.69, 9.17) is 0 Å². The van der Waals surface area contributed by atoms with Crippen LogP contribution in [-0.4, -0.2) is 25.9 Å². The van der Waals surface area contributed by atoms with E-state index < -0.39 is 0 Å². The SMILES string of the molecule is CC(C)(C)c1ccc(-n2ncc3c2CCCC3NC(=O)c2ccc(=O)[nH]n2)cc1. The minimum atomic E-state index is -0.333. The van der Waals surface area contributed by atoms with Crippen molar-refractivity contribution in [3.05, 3.63) is 75.5 Å². The summed E-state index contributed by atoms with van der Waals surface area (Å²) in [6.07, 6.45) is 4.57. The van der Waals surface area contributed by atoms with Crippen LogP contribution in [0, 0.1) is 0 Å². The number of rotatable bonds is 3. The monoisotopic (exact) mass is 391 g/mol. The van der Waals surface area contributed by atoms with Gasteiger partial charge in [0.05, 0.1) is 17.9 Å².